The number of fused-ring (bicyclic) bond motifs is 1. The van der Waals surface area contributed by atoms with E-state index in [1.807, 2.05) is 0 Å². The molecule has 1 aromatic heterocycles. The van der Waals surface area contributed by atoms with Gasteiger partial charge in [0.25, 0.3) is 5.91 Å². The minimum Gasteiger partial charge on any atom is -0.462 e. The molecular weight excluding hydrogens is 438 g/mol. The van der Waals surface area contributed by atoms with E-state index >= 15 is 0 Å². The maximum atomic E-state index is 13.2. The zero-order valence-corrected chi connectivity index (χ0v) is 20.7. The van der Waals surface area contributed by atoms with Crippen molar-refractivity contribution >= 4 is 34.2 Å². The van der Waals surface area contributed by atoms with E-state index < -0.39 is 17.5 Å². The molecule has 6 rings (SSSR count). The van der Waals surface area contributed by atoms with Crippen LogP contribution in [0.15, 0.2) is 0 Å². The standard InChI is InChI=1S/C26H35NO5S/c1-4-31-24(29)21-19-6-5-14(2)7-20(19)33-23(21)27-22(28)15(3)32-25(30)26-11-16-8-17(12-26)10-18(9-16)13-26/h14-18H,4-13H2,1-3H3,(H,27,28). The summed E-state index contributed by atoms with van der Waals surface area (Å²) in [6.07, 6.45) is 8.31. The zero-order chi connectivity index (χ0) is 23.3. The molecule has 0 spiro atoms. The molecule has 1 amide bonds. The van der Waals surface area contributed by atoms with Gasteiger partial charge < -0.3 is 14.8 Å². The first kappa shape index (κ1) is 22.9. The van der Waals surface area contributed by atoms with E-state index in [9.17, 15) is 14.4 Å². The van der Waals surface area contributed by atoms with E-state index in [1.54, 1.807) is 13.8 Å². The Bertz CT molecular complexity index is 931. The Kier molecular flexibility index (Phi) is 6.04. The number of thiophene rings is 1. The second kappa shape index (κ2) is 8.71. The van der Waals surface area contributed by atoms with Crippen molar-refractivity contribution in [2.24, 2.45) is 29.1 Å². The molecule has 0 aliphatic heterocycles. The van der Waals surface area contributed by atoms with Crippen LogP contribution in [0.3, 0.4) is 0 Å². The van der Waals surface area contributed by atoms with Crippen LogP contribution in [0.25, 0.3) is 0 Å². The average Bonchev–Trinajstić information content (AvgIpc) is 3.09. The zero-order valence-electron chi connectivity index (χ0n) is 19.9. The topological polar surface area (TPSA) is 81.7 Å². The van der Waals surface area contributed by atoms with Gasteiger partial charge in [-0.15, -0.1) is 11.3 Å². The van der Waals surface area contributed by atoms with Crippen LogP contribution in [-0.2, 0) is 31.9 Å². The molecule has 4 fully saturated rings. The second-order valence-corrected chi connectivity index (χ2v) is 12.1. The minimum atomic E-state index is -0.904. The van der Waals surface area contributed by atoms with Crippen LogP contribution in [-0.4, -0.2) is 30.6 Å². The summed E-state index contributed by atoms with van der Waals surface area (Å²) < 4.78 is 11.1. The van der Waals surface area contributed by atoms with Crippen molar-refractivity contribution in [3.05, 3.63) is 16.0 Å². The lowest BCUT2D eigenvalue weighted by atomic mass is 9.49. The van der Waals surface area contributed by atoms with Gasteiger partial charge in [0.05, 0.1) is 17.6 Å². The molecule has 180 valence electrons. The molecule has 33 heavy (non-hydrogen) atoms. The molecule has 2 unspecified atom stereocenters. The summed E-state index contributed by atoms with van der Waals surface area (Å²) >= 11 is 1.46. The molecule has 0 saturated heterocycles. The average molecular weight is 474 g/mol. The first-order valence-electron chi connectivity index (χ1n) is 12.6. The van der Waals surface area contributed by atoms with Crippen molar-refractivity contribution in [2.75, 3.05) is 11.9 Å². The number of ether oxygens (including phenoxy) is 2. The summed E-state index contributed by atoms with van der Waals surface area (Å²) in [6.45, 7) is 5.90. The van der Waals surface area contributed by atoms with Gasteiger partial charge in [0.15, 0.2) is 6.10 Å². The minimum absolute atomic E-state index is 0.200. The maximum Gasteiger partial charge on any atom is 0.341 e. The summed E-state index contributed by atoms with van der Waals surface area (Å²) in [5, 5.41) is 3.43. The molecule has 4 bridgehead atoms. The highest BCUT2D eigenvalue weighted by atomic mass is 32.1. The fraction of sp³-hybridized carbons (Fsp3) is 0.731. The van der Waals surface area contributed by atoms with E-state index in [-0.39, 0.29) is 18.5 Å². The third-order valence-corrected chi connectivity index (χ3v) is 9.52. The molecule has 1 N–H and O–H groups in total. The van der Waals surface area contributed by atoms with Gasteiger partial charge in [-0.2, -0.15) is 0 Å². The van der Waals surface area contributed by atoms with Crippen molar-refractivity contribution in [3.8, 4) is 0 Å². The fourth-order valence-electron chi connectivity index (χ4n) is 7.17. The van der Waals surface area contributed by atoms with Crippen LogP contribution < -0.4 is 5.32 Å². The summed E-state index contributed by atoms with van der Waals surface area (Å²) in [7, 11) is 0. The Balaban J connectivity index is 1.29. The van der Waals surface area contributed by atoms with Gasteiger partial charge in [-0.05, 0) is 101 Å². The number of carbonyl (C=O) groups is 3. The summed E-state index contributed by atoms with van der Waals surface area (Å²) in [5.41, 5.74) is 1.10. The highest BCUT2D eigenvalue weighted by Crippen LogP contribution is 2.60. The van der Waals surface area contributed by atoms with Crippen molar-refractivity contribution < 1.29 is 23.9 Å². The predicted octanol–water partition coefficient (Wildman–Crippen LogP) is 5.14. The molecule has 5 aliphatic rings. The molecule has 4 saturated carbocycles. The quantitative estimate of drug-likeness (QED) is 0.579. The molecule has 1 aromatic rings. The van der Waals surface area contributed by atoms with Gasteiger partial charge in [-0.1, -0.05) is 6.92 Å². The second-order valence-electron chi connectivity index (χ2n) is 11.0. The van der Waals surface area contributed by atoms with Gasteiger partial charge in [-0.3, -0.25) is 9.59 Å². The summed E-state index contributed by atoms with van der Waals surface area (Å²) in [4.78, 5) is 40.2. The number of anilines is 1. The lowest BCUT2D eigenvalue weighted by Crippen LogP contribution is -2.51. The van der Waals surface area contributed by atoms with Gasteiger partial charge in [0.1, 0.15) is 5.00 Å². The summed E-state index contributed by atoms with van der Waals surface area (Å²) in [6, 6.07) is 0. The normalized spacial score (nSPS) is 32.7. The lowest BCUT2D eigenvalue weighted by molar-refractivity contribution is -0.177. The number of amides is 1. The van der Waals surface area contributed by atoms with E-state index in [0.717, 1.165) is 49.0 Å². The van der Waals surface area contributed by atoms with Crippen LogP contribution in [0.1, 0.15) is 86.5 Å². The molecule has 0 radical (unpaired) electrons. The number of hydrogen-bond acceptors (Lipinski definition) is 6. The lowest BCUT2D eigenvalue weighted by Gasteiger charge is -2.55. The van der Waals surface area contributed by atoms with Crippen molar-refractivity contribution in [2.45, 2.75) is 84.7 Å². The van der Waals surface area contributed by atoms with E-state index in [1.165, 1.54) is 30.6 Å². The fourth-order valence-corrected chi connectivity index (χ4v) is 8.57. The third-order valence-electron chi connectivity index (χ3n) is 8.35. The maximum absolute atomic E-state index is 13.2. The Hall–Kier alpha value is -1.89. The molecule has 6 nitrogen and oxygen atoms in total. The molecule has 7 heteroatoms. The number of carbonyl (C=O) groups excluding carboxylic acids is 3. The van der Waals surface area contributed by atoms with Crippen LogP contribution in [0, 0.1) is 29.1 Å². The van der Waals surface area contributed by atoms with Gasteiger partial charge in [-0.25, -0.2) is 4.79 Å². The smallest absolute Gasteiger partial charge is 0.341 e. The monoisotopic (exact) mass is 473 g/mol. The van der Waals surface area contributed by atoms with Crippen LogP contribution in [0.5, 0.6) is 0 Å². The van der Waals surface area contributed by atoms with Crippen LogP contribution in [0.4, 0.5) is 5.00 Å². The molecule has 5 aliphatic carbocycles. The van der Waals surface area contributed by atoms with Gasteiger partial charge in [0.2, 0.25) is 0 Å². The molecule has 1 heterocycles. The van der Waals surface area contributed by atoms with Crippen LogP contribution in [0.2, 0.25) is 0 Å². The van der Waals surface area contributed by atoms with E-state index in [4.69, 9.17) is 9.47 Å². The highest BCUT2D eigenvalue weighted by molar-refractivity contribution is 7.17. The van der Waals surface area contributed by atoms with Crippen molar-refractivity contribution in [3.63, 3.8) is 0 Å². The van der Waals surface area contributed by atoms with Crippen molar-refractivity contribution in [1.29, 1.82) is 0 Å². The Morgan fingerprint density at radius 1 is 1.12 bits per heavy atom. The van der Waals surface area contributed by atoms with Crippen molar-refractivity contribution in [1.82, 2.24) is 0 Å². The molecular formula is C26H35NO5S. The number of hydrogen-bond donors (Lipinski definition) is 1. The Morgan fingerprint density at radius 2 is 1.76 bits per heavy atom. The third kappa shape index (κ3) is 4.22. The van der Waals surface area contributed by atoms with Gasteiger partial charge >= 0.3 is 11.9 Å². The first-order valence-corrected chi connectivity index (χ1v) is 13.4. The molecule has 2 atom stereocenters. The highest BCUT2D eigenvalue weighted by Gasteiger charge is 2.55. The first-order chi connectivity index (χ1) is 15.8. The Labute approximate surface area is 199 Å². The SMILES string of the molecule is CCOC(=O)c1c(NC(=O)C(C)OC(=O)C23CC4CC(CC(C4)C2)C3)sc2c1CCC(C)C2. The van der Waals surface area contributed by atoms with Crippen LogP contribution >= 0.6 is 11.3 Å². The Morgan fingerprint density at radius 3 is 2.36 bits per heavy atom. The largest absolute Gasteiger partial charge is 0.462 e. The molecule has 0 aromatic carbocycles. The summed E-state index contributed by atoms with van der Waals surface area (Å²) in [5.74, 6) is 1.49. The van der Waals surface area contributed by atoms with E-state index in [0.29, 0.717) is 34.2 Å². The number of nitrogens with one attached hydrogen (secondary N) is 1. The number of rotatable bonds is 6. The van der Waals surface area contributed by atoms with Gasteiger partial charge in [0, 0.05) is 4.88 Å². The predicted molar refractivity (Wildman–Crippen MR) is 126 cm³/mol. The van der Waals surface area contributed by atoms with E-state index in [2.05, 4.69) is 12.2 Å². The number of esters is 2.